The van der Waals surface area contributed by atoms with E-state index in [1.165, 1.54) is 57.8 Å². The van der Waals surface area contributed by atoms with Gasteiger partial charge in [0.05, 0.1) is 13.2 Å². The van der Waals surface area contributed by atoms with Gasteiger partial charge >= 0.3 is 0 Å². The van der Waals surface area contributed by atoms with Crippen LogP contribution in [0.5, 0.6) is 11.5 Å². The molecule has 0 heterocycles. The molecule has 0 aliphatic heterocycles. The summed E-state index contributed by atoms with van der Waals surface area (Å²) in [4.78, 5) is 12.4. The summed E-state index contributed by atoms with van der Waals surface area (Å²) >= 11 is 0. The van der Waals surface area contributed by atoms with Crippen molar-refractivity contribution in [2.24, 2.45) is 0 Å². The number of rotatable bonds is 19. The van der Waals surface area contributed by atoms with Gasteiger partial charge in [-0.2, -0.15) is 0 Å². The van der Waals surface area contributed by atoms with Crippen LogP contribution < -0.4 is 14.8 Å². The first-order valence-corrected chi connectivity index (χ1v) is 13.2. The molecule has 0 aromatic heterocycles. The zero-order chi connectivity index (χ0) is 24.3. The number of carbonyl (C=O) groups excluding carboxylic acids is 1. The molecule has 2 aromatic carbocycles. The summed E-state index contributed by atoms with van der Waals surface area (Å²) < 4.78 is 11.6. The summed E-state index contributed by atoms with van der Waals surface area (Å²) in [6, 6.07) is 15.2. The van der Waals surface area contributed by atoms with Crippen molar-refractivity contribution >= 4 is 11.5 Å². The standard InChI is InChI=1S/C30H43NO3/c1-3-5-7-9-11-13-25-34-29-20-16-27(17-21-29)31-23-22-30(32)26-14-18-28(19-15-26)33-24-12-10-8-6-4-2/h14-23,31H,3-13,24-25H2,1-2H3. The number of unbranched alkanes of at least 4 members (excludes halogenated alkanes) is 9. The summed E-state index contributed by atoms with van der Waals surface area (Å²) in [5, 5.41) is 3.15. The minimum absolute atomic E-state index is 0.0440. The molecule has 0 amide bonds. The zero-order valence-electron chi connectivity index (χ0n) is 21.2. The van der Waals surface area contributed by atoms with Crippen LogP contribution in [0.3, 0.4) is 0 Å². The second-order valence-corrected chi connectivity index (χ2v) is 8.77. The number of ketones is 1. The van der Waals surface area contributed by atoms with Crippen molar-refractivity contribution in [1.82, 2.24) is 0 Å². The van der Waals surface area contributed by atoms with Crippen molar-refractivity contribution < 1.29 is 14.3 Å². The van der Waals surface area contributed by atoms with Gasteiger partial charge < -0.3 is 14.8 Å². The van der Waals surface area contributed by atoms with Crippen LogP contribution in [0, 0.1) is 0 Å². The number of hydrogen-bond donors (Lipinski definition) is 1. The Labute approximate surface area is 206 Å². The van der Waals surface area contributed by atoms with Crippen LogP contribution in [0.25, 0.3) is 0 Å². The fraction of sp³-hybridized carbons (Fsp3) is 0.500. The molecule has 0 atom stereocenters. The summed E-state index contributed by atoms with van der Waals surface area (Å²) in [6.07, 6.45) is 16.9. The van der Waals surface area contributed by atoms with Crippen molar-refractivity contribution in [1.29, 1.82) is 0 Å². The van der Waals surface area contributed by atoms with Crippen LogP contribution in [0.2, 0.25) is 0 Å². The molecule has 2 aromatic rings. The lowest BCUT2D eigenvalue weighted by molar-refractivity contribution is 0.104. The molecule has 0 aliphatic rings. The second-order valence-electron chi connectivity index (χ2n) is 8.77. The van der Waals surface area contributed by atoms with E-state index in [-0.39, 0.29) is 5.78 Å². The quantitative estimate of drug-likeness (QED) is 0.128. The third-order valence-electron chi connectivity index (χ3n) is 5.76. The third-order valence-corrected chi connectivity index (χ3v) is 5.76. The molecule has 0 aliphatic carbocycles. The van der Waals surface area contributed by atoms with Crippen molar-refractivity contribution in [2.75, 3.05) is 18.5 Å². The maximum atomic E-state index is 12.4. The lowest BCUT2D eigenvalue weighted by Gasteiger charge is -2.07. The van der Waals surface area contributed by atoms with Crippen LogP contribution in [0.4, 0.5) is 5.69 Å². The number of allylic oxidation sites excluding steroid dienone is 1. The largest absolute Gasteiger partial charge is 0.494 e. The molecule has 0 unspecified atom stereocenters. The lowest BCUT2D eigenvalue weighted by Crippen LogP contribution is -1.99. The maximum absolute atomic E-state index is 12.4. The van der Waals surface area contributed by atoms with E-state index in [2.05, 4.69) is 19.2 Å². The van der Waals surface area contributed by atoms with Gasteiger partial charge in [-0.1, -0.05) is 71.6 Å². The van der Waals surface area contributed by atoms with Crippen LogP contribution in [0.15, 0.2) is 60.8 Å². The highest BCUT2D eigenvalue weighted by molar-refractivity contribution is 6.04. The number of ether oxygens (including phenoxy) is 2. The molecule has 2 rings (SSSR count). The number of anilines is 1. The summed E-state index contributed by atoms with van der Waals surface area (Å²) in [5.74, 6) is 1.65. The minimum Gasteiger partial charge on any atom is -0.494 e. The molecule has 1 N–H and O–H groups in total. The second kappa shape index (κ2) is 17.7. The molecular weight excluding hydrogens is 422 g/mol. The predicted octanol–water partition coefficient (Wildman–Crippen LogP) is 8.58. The molecule has 186 valence electrons. The molecule has 0 saturated heterocycles. The smallest absolute Gasteiger partial charge is 0.187 e. The SMILES string of the molecule is CCCCCCCCOc1ccc(NC=CC(=O)c2ccc(OCCCCCCC)cc2)cc1. The van der Waals surface area contributed by atoms with Gasteiger partial charge in [-0.3, -0.25) is 4.79 Å². The number of benzene rings is 2. The van der Waals surface area contributed by atoms with Gasteiger partial charge in [0.1, 0.15) is 11.5 Å². The summed E-state index contributed by atoms with van der Waals surface area (Å²) in [7, 11) is 0. The summed E-state index contributed by atoms with van der Waals surface area (Å²) in [5.41, 5.74) is 1.56. The first-order chi connectivity index (χ1) is 16.7. The average molecular weight is 466 g/mol. The van der Waals surface area contributed by atoms with Gasteiger partial charge in [-0.05, 0) is 61.4 Å². The predicted molar refractivity (Wildman–Crippen MR) is 143 cm³/mol. The average Bonchev–Trinajstić information content (AvgIpc) is 2.87. The van der Waals surface area contributed by atoms with E-state index < -0.39 is 0 Å². The molecule has 0 fully saturated rings. The van der Waals surface area contributed by atoms with Gasteiger partial charge in [0, 0.05) is 23.5 Å². The molecular formula is C30H43NO3. The van der Waals surface area contributed by atoms with Gasteiger partial charge in [0.2, 0.25) is 0 Å². The molecule has 34 heavy (non-hydrogen) atoms. The van der Waals surface area contributed by atoms with Gasteiger partial charge in [-0.15, -0.1) is 0 Å². The van der Waals surface area contributed by atoms with Gasteiger partial charge in [0.15, 0.2) is 5.78 Å². The lowest BCUT2D eigenvalue weighted by atomic mass is 10.1. The highest BCUT2D eigenvalue weighted by Gasteiger charge is 2.03. The fourth-order valence-corrected chi connectivity index (χ4v) is 3.64. The van der Waals surface area contributed by atoms with Crippen molar-refractivity contribution in [2.45, 2.75) is 84.5 Å². The van der Waals surface area contributed by atoms with E-state index in [0.717, 1.165) is 43.2 Å². The van der Waals surface area contributed by atoms with Crippen LogP contribution in [-0.4, -0.2) is 19.0 Å². The molecule has 0 radical (unpaired) electrons. The number of carbonyl (C=O) groups is 1. The van der Waals surface area contributed by atoms with Crippen molar-refractivity contribution in [3.63, 3.8) is 0 Å². The van der Waals surface area contributed by atoms with Gasteiger partial charge in [-0.25, -0.2) is 0 Å². The normalized spacial score (nSPS) is 11.0. The first kappa shape index (κ1) is 27.5. The van der Waals surface area contributed by atoms with E-state index >= 15 is 0 Å². The Bertz CT molecular complexity index is 812. The Balaban J connectivity index is 1.65. The number of hydrogen-bond acceptors (Lipinski definition) is 4. The Hall–Kier alpha value is -2.75. The van der Waals surface area contributed by atoms with Crippen LogP contribution in [-0.2, 0) is 0 Å². The van der Waals surface area contributed by atoms with Crippen molar-refractivity contribution in [3.05, 3.63) is 66.4 Å². The van der Waals surface area contributed by atoms with Crippen molar-refractivity contribution in [3.8, 4) is 11.5 Å². The Kier molecular flexibility index (Phi) is 14.3. The summed E-state index contributed by atoms with van der Waals surface area (Å²) in [6.45, 7) is 5.94. The third kappa shape index (κ3) is 11.9. The van der Waals surface area contributed by atoms with E-state index in [9.17, 15) is 4.79 Å². The zero-order valence-corrected chi connectivity index (χ0v) is 21.2. The topological polar surface area (TPSA) is 47.6 Å². The minimum atomic E-state index is -0.0440. The molecule has 0 bridgehead atoms. The molecule has 4 nitrogen and oxygen atoms in total. The highest BCUT2D eigenvalue weighted by atomic mass is 16.5. The van der Waals surface area contributed by atoms with Gasteiger partial charge in [0.25, 0.3) is 0 Å². The maximum Gasteiger partial charge on any atom is 0.187 e. The van der Waals surface area contributed by atoms with Crippen LogP contribution >= 0.6 is 0 Å². The Morgan fingerprint density at radius 1 is 0.676 bits per heavy atom. The molecule has 4 heteroatoms. The monoisotopic (exact) mass is 465 g/mol. The van der Waals surface area contributed by atoms with E-state index in [1.807, 2.05) is 48.5 Å². The Morgan fingerprint density at radius 2 is 1.15 bits per heavy atom. The van der Waals surface area contributed by atoms with Crippen LogP contribution in [0.1, 0.15) is 94.8 Å². The van der Waals surface area contributed by atoms with E-state index in [0.29, 0.717) is 5.56 Å². The Morgan fingerprint density at radius 3 is 1.68 bits per heavy atom. The highest BCUT2D eigenvalue weighted by Crippen LogP contribution is 2.17. The molecule has 0 saturated carbocycles. The van der Waals surface area contributed by atoms with E-state index in [4.69, 9.17) is 9.47 Å². The number of nitrogens with one attached hydrogen (secondary N) is 1. The van der Waals surface area contributed by atoms with E-state index in [1.54, 1.807) is 12.3 Å². The molecule has 0 spiro atoms. The fourth-order valence-electron chi connectivity index (χ4n) is 3.64. The first-order valence-electron chi connectivity index (χ1n) is 13.2.